The summed E-state index contributed by atoms with van der Waals surface area (Å²) >= 11 is 3.30. The SMILES string of the molecule is CC(=O)Nc1ccc(Br)cc1NC(=O)CNC(=O)[C@@H](N)C(C)C.Cl. The number of hydrogen-bond donors (Lipinski definition) is 4. The lowest BCUT2D eigenvalue weighted by atomic mass is 10.1. The average molecular weight is 422 g/mol. The molecule has 134 valence electrons. The molecule has 0 spiro atoms. The molecule has 3 amide bonds. The van der Waals surface area contributed by atoms with Crippen molar-refractivity contribution < 1.29 is 14.4 Å². The Morgan fingerprint density at radius 3 is 2.33 bits per heavy atom. The first kappa shape index (κ1) is 22.4. The Kier molecular flexibility index (Phi) is 9.57. The molecule has 0 bridgehead atoms. The normalized spacial score (nSPS) is 11.2. The molecule has 0 fully saturated rings. The second-order valence-corrected chi connectivity index (χ2v) is 6.32. The van der Waals surface area contributed by atoms with E-state index in [1.54, 1.807) is 18.2 Å². The monoisotopic (exact) mass is 420 g/mol. The first-order valence-electron chi connectivity index (χ1n) is 7.11. The average Bonchev–Trinajstić information content (AvgIpc) is 2.46. The fraction of sp³-hybridized carbons (Fsp3) is 0.400. The Morgan fingerprint density at radius 2 is 1.79 bits per heavy atom. The smallest absolute Gasteiger partial charge is 0.243 e. The first-order valence-corrected chi connectivity index (χ1v) is 7.90. The van der Waals surface area contributed by atoms with Crippen LogP contribution in [0.5, 0.6) is 0 Å². The zero-order valence-electron chi connectivity index (χ0n) is 13.7. The van der Waals surface area contributed by atoms with Gasteiger partial charge in [0.1, 0.15) is 0 Å². The molecule has 0 saturated carbocycles. The quantitative estimate of drug-likeness (QED) is 0.561. The van der Waals surface area contributed by atoms with Gasteiger partial charge in [0, 0.05) is 11.4 Å². The van der Waals surface area contributed by atoms with Gasteiger partial charge in [-0.15, -0.1) is 12.4 Å². The second-order valence-electron chi connectivity index (χ2n) is 5.41. The topological polar surface area (TPSA) is 113 Å². The molecule has 1 atom stereocenters. The van der Waals surface area contributed by atoms with E-state index in [4.69, 9.17) is 5.73 Å². The van der Waals surface area contributed by atoms with Crippen LogP contribution in [0.1, 0.15) is 20.8 Å². The van der Waals surface area contributed by atoms with Crippen molar-refractivity contribution in [3.8, 4) is 0 Å². The molecule has 0 aliphatic carbocycles. The van der Waals surface area contributed by atoms with Crippen LogP contribution in [-0.2, 0) is 14.4 Å². The van der Waals surface area contributed by atoms with Crippen molar-refractivity contribution in [1.82, 2.24) is 5.32 Å². The third-order valence-electron chi connectivity index (χ3n) is 3.01. The highest BCUT2D eigenvalue weighted by molar-refractivity contribution is 9.10. The van der Waals surface area contributed by atoms with Crippen LogP contribution in [0.25, 0.3) is 0 Å². The van der Waals surface area contributed by atoms with Gasteiger partial charge in [-0.25, -0.2) is 0 Å². The summed E-state index contributed by atoms with van der Waals surface area (Å²) < 4.78 is 0.743. The molecule has 9 heteroatoms. The van der Waals surface area contributed by atoms with Gasteiger partial charge >= 0.3 is 0 Å². The number of hydrogen-bond acceptors (Lipinski definition) is 4. The van der Waals surface area contributed by atoms with Crippen LogP contribution >= 0.6 is 28.3 Å². The molecule has 0 heterocycles. The Hall–Kier alpha value is -1.64. The van der Waals surface area contributed by atoms with Gasteiger partial charge in [-0.2, -0.15) is 0 Å². The second kappa shape index (κ2) is 10.3. The molecule has 0 unspecified atom stereocenters. The van der Waals surface area contributed by atoms with E-state index in [1.165, 1.54) is 6.92 Å². The van der Waals surface area contributed by atoms with E-state index in [1.807, 2.05) is 13.8 Å². The summed E-state index contributed by atoms with van der Waals surface area (Å²) in [6, 6.07) is 4.40. The Labute approximate surface area is 155 Å². The van der Waals surface area contributed by atoms with Crippen LogP contribution in [0, 0.1) is 5.92 Å². The molecule has 0 saturated heterocycles. The number of carbonyl (C=O) groups excluding carboxylic acids is 3. The molecule has 0 radical (unpaired) electrons. The van der Waals surface area contributed by atoms with E-state index < -0.39 is 11.9 Å². The van der Waals surface area contributed by atoms with Crippen LogP contribution in [-0.4, -0.2) is 30.3 Å². The molecule has 1 aromatic rings. The van der Waals surface area contributed by atoms with Crippen molar-refractivity contribution in [3.05, 3.63) is 22.7 Å². The minimum atomic E-state index is -0.663. The molecule has 5 N–H and O–H groups in total. The van der Waals surface area contributed by atoms with Crippen molar-refractivity contribution in [3.63, 3.8) is 0 Å². The predicted molar refractivity (Wildman–Crippen MR) is 100 cm³/mol. The lowest BCUT2D eigenvalue weighted by Gasteiger charge is -2.16. The highest BCUT2D eigenvalue weighted by Crippen LogP contribution is 2.26. The Bertz CT molecular complexity index is 610. The third-order valence-corrected chi connectivity index (χ3v) is 3.50. The molecule has 0 aliphatic heterocycles. The van der Waals surface area contributed by atoms with Crippen LogP contribution in [0.15, 0.2) is 22.7 Å². The van der Waals surface area contributed by atoms with Gasteiger partial charge in [0.15, 0.2) is 0 Å². The van der Waals surface area contributed by atoms with Crippen molar-refractivity contribution in [2.45, 2.75) is 26.8 Å². The maximum absolute atomic E-state index is 12.0. The standard InChI is InChI=1S/C15H21BrN4O3.ClH/c1-8(2)14(17)15(23)18-7-13(22)20-12-6-10(16)4-5-11(12)19-9(3)21;/h4-6,8,14H,7,17H2,1-3H3,(H,18,23)(H,19,21)(H,20,22);1H/t14-;/m0./s1. The van der Waals surface area contributed by atoms with Crippen LogP contribution in [0.2, 0.25) is 0 Å². The van der Waals surface area contributed by atoms with E-state index in [0.717, 1.165) is 4.47 Å². The van der Waals surface area contributed by atoms with Crippen molar-refractivity contribution in [2.75, 3.05) is 17.2 Å². The minimum absolute atomic E-state index is 0. The zero-order chi connectivity index (χ0) is 17.6. The molecule has 0 aromatic heterocycles. The van der Waals surface area contributed by atoms with Gasteiger partial charge in [0.25, 0.3) is 0 Å². The predicted octanol–water partition coefficient (Wildman–Crippen LogP) is 1.87. The summed E-state index contributed by atoms with van der Waals surface area (Å²) in [6.07, 6.45) is 0. The number of amides is 3. The minimum Gasteiger partial charge on any atom is -0.346 e. The third kappa shape index (κ3) is 7.29. The van der Waals surface area contributed by atoms with Gasteiger partial charge < -0.3 is 21.7 Å². The van der Waals surface area contributed by atoms with Gasteiger partial charge in [-0.05, 0) is 24.1 Å². The van der Waals surface area contributed by atoms with Gasteiger partial charge in [0.05, 0.1) is 24.0 Å². The van der Waals surface area contributed by atoms with Gasteiger partial charge in [-0.1, -0.05) is 29.8 Å². The van der Waals surface area contributed by atoms with Crippen molar-refractivity contribution in [1.29, 1.82) is 0 Å². The number of rotatable bonds is 6. The van der Waals surface area contributed by atoms with Gasteiger partial charge in [-0.3, -0.25) is 14.4 Å². The summed E-state index contributed by atoms with van der Waals surface area (Å²) in [5, 5.41) is 7.75. The largest absolute Gasteiger partial charge is 0.346 e. The maximum atomic E-state index is 12.0. The van der Waals surface area contributed by atoms with Crippen LogP contribution in [0.3, 0.4) is 0 Å². The fourth-order valence-electron chi connectivity index (χ4n) is 1.70. The molecule has 1 aromatic carbocycles. The highest BCUT2D eigenvalue weighted by Gasteiger charge is 2.18. The molecular formula is C15H22BrClN4O3. The Balaban J connectivity index is 0.00000529. The number of nitrogens with two attached hydrogens (primary N) is 1. The van der Waals surface area contributed by atoms with Crippen LogP contribution < -0.4 is 21.7 Å². The molecule has 7 nitrogen and oxygen atoms in total. The molecule has 0 aliphatic rings. The molecule has 24 heavy (non-hydrogen) atoms. The van der Waals surface area contributed by atoms with Crippen molar-refractivity contribution >= 4 is 57.4 Å². The van der Waals surface area contributed by atoms with Gasteiger partial charge in [0.2, 0.25) is 17.7 Å². The number of carbonyl (C=O) groups is 3. The van der Waals surface area contributed by atoms with E-state index in [2.05, 4.69) is 31.9 Å². The van der Waals surface area contributed by atoms with Crippen LogP contribution in [0.4, 0.5) is 11.4 Å². The number of nitrogens with one attached hydrogen (secondary N) is 3. The Morgan fingerprint density at radius 1 is 1.17 bits per heavy atom. The summed E-state index contributed by atoms with van der Waals surface area (Å²) in [5.74, 6) is -1.07. The summed E-state index contributed by atoms with van der Waals surface area (Å²) in [7, 11) is 0. The molecule has 1 rings (SSSR count). The van der Waals surface area contributed by atoms with E-state index in [0.29, 0.717) is 11.4 Å². The summed E-state index contributed by atoms with van der Waals surface area (Å²) in [6.45, 7) is 4.82. The number of anilines is 2. The van der Waals surface area contributed by atoms with Crippen molar-refractivity contribution in [2.24, 2.45) is 11.7 Å². The van der Waals surface area contributed by atoms with E-state index >= 15 is 0 Å². The number of benzene rings is 1. The first-order chi connectivity index (χ1) is 10.7. The molecular weight excluding hydrogens is 400 g/mol. The maximum Gasteiger partial charge on any atom is 0.243 e. The lowest BCUT2D eigenvalue weighted by Crippen LogP contribution is -2.46. The highest BCUT2D eigenvalue weighted by atomic mass is 79.9. The zero-order valence-corrected chi connectivity index (χ0v) is 16.1. The fourth-order valence-corrected chi connectivity index (χ4v) is 2.06. The summed E-state index contributed by atoms with van der Waals surface area (Å²) in [4.78, 5) is 34.9. The lowest BCUT2D eigenvalue weighted by molar-refractivity contribution is -0.125. The number of halogens is 2. The summed E-state index contributed by atoms with van der Waals surface area (Å²) in [5.41, 5.74) is 6.60. The van der Waals surface area contributed by atoms with E-state index in [9.17, 15) is 14.4 Å². The van der Waals surface area contributed by atoms with E-state index in [-0.39, 0.29) is 36.7 Å².